The molecule has 0 radical (unpaired) electrons. The quantitative estimate of drug-likeness (QED) is 0.868. The van der Waals surface area contributed by atoms with E-state index in [9.17, 15) is 8.78 Å². The van der Waals surface area contributed by atoms with Crippen molar-refractivity contribution in [3.05, 3.63) is 24.0 Å². The van der Waals surface area contributed by atoms with Gasteiger partial charge in [-0.2, -0.15) is 9.61 Å². The molecule has 0 aliphatic carbocycles. The molecule has 0 aromatic carbocycles. The molecule has 2 N–H and O–H groups in total. The largest absolute Gasteiger partial charge is 0.349 e. The number of hydrogen-bond acceptors (Lipinski definition) is 4. The number of nitrogens with two attached hydrogens (primary N) is 1. The molecule has 0 saturated heterocycles. The first-order chi connectivity index (χ1) is 8.61. The first-order valence-corrected chi connectivity index (χ1v) is 5.65. The fraction of sp³-hybridized carbons (Fsp3) is 0.455. The number of nitrogens with zero attached hydrogens (tertiary/aromatic N) is 4. The zero-order valence-electron chi connectivity index (χ0n) is 10.1. The van der Waals surface area contributed by atoms with Gasteiger partial charge in [-0.05, 0) is 24.6 Å². The predicted molar refractivity (Wildman–Crippen MR) is 65.0 cm³/mol. The molecule has 0 aliphatic rings. The Kier molecular flexibility index (Phi) is 3.71. The number of fused-ring (bicyclic) bond motifs is 1. The van der Waals surface area contributed by atoms with Crippen molar-refractivity contribution in [2.24, 2.45) is 5.73 Å². The third-order valence-corrected chi connectivity index (χ3v) is 2.59. The van der Waals surface area contributed by atoms with Crippen molar-refractivity contribution in [1.82, 2.24) is 14.6 Å². The molecule has 0 spiro atoms. The summed E-state index contributed by atoms with van der Waals surface area (Å²) in [5.74, 6) is 0.591. The topological polar surface area (TPSA) is 59.5 Å². The molecule has 0 atom stereocenters. The molecule has 2 rings (SSSR count). The summed E-state index contributed by atoms with van der Waals surface area (Å²) < 4.78 is 26.7. The number of alkyl halides is 2. The van der Waals surface area contributed by atoms with E-state index in [4.69, 9.17) is 5.73 Å². The number of aromatic nitrogens is 3. The number of aryl methyl sites for hydroxylation is 1. The summed E-state index contributed by atoms with van der Waals surface area (Å²) in [6.07, 6.45) is -1.02. The van der Waals surface area contributed by atoms with Crippen LogP contribution < -0.4 is 10.6 Å². The van der Waals surface area contributed by atoms with E-state index < -0.39 is 6.43 Å². The second kappa shape index (κ2) is 5.26. The van der Waals surface area contributed by atoms with Crippen molar-refractivity contribution in [1.29, 1.82) is 0 Å². The van der Waals surface area contributed by atoms with Gasteiger partial charge in [-0.25, -0.2) is 13.8 Å². The second-order valence-electron chi connectivity index (χ2n) is 4.05. The Labute approximate surface area is 103 Å². The zero-order chi connectivity index (χ0) is 13.1. The van der Waals surface area contributed by atoms with E-state index in [2.05, 4.69) is 10.1 Å². The summed E-state index contributed by atoms with van der Waals surface area (Å²) in [6, 6.07) is 3.65. The summed E-state index contributed by atoms with van der Waals surface area (Å²) in [5, 5.41) is 4.05. The van der Waals surface area contributed by atoms with Crippen LogP contribution in [0.5, 0.6) is 0 Å². The first kappa shape index (κ1) is 12.7. The minimum absolute atomic E-state index is 0.302. The minimum atomic E-state index is -2.42. The molecule has 0 aliphatic heterocycles. The van der Waals surface area contributed by atoms with Gasteiger partial charge in [0, 0.05) is 13.1 Å². The first-order valence-electron chi connectivity index (χ1n) is 5.65. The maximum atomic E-state index is 12.6. The fourth-order valence-electron chi connectivity index (χ4n) is 1.88. The van der Waals surface area contributed by atoms with Gasteiger partial charge in [-0.15, -0.1) is 0 Å². The summed E-state index contributed by atoms with van der Waals surface area (Å²) in [6.45, 7) is 2.18. The number of anilines is 1. The molecule has 0 bridgehead atoms. The van der Waals surface area contributed by atoms with Crippen molar-refractivity contribution in [3.63, 3.8) is 0 Å². The summed E-state index contributed by atoms with van der Waals surface area (Å²) in [4.78, 5) is 5.60. The van der Waals surface area contributed by atoms with Crippen molar-refractivity contribution in [3.8, 4) is 0 Å². The van der Waals surface area contributed by atoms with Crippen LogP contribution in [0.15, 0.2) is 18.5 Å². The van der Waals surface area contributed by atoms with E-state index in [1.54, 1.807) is 10.6 Å². The lowest BCUT2D eigenvalue weighted by Gasteiger charge is -2.24. The van der Waals surface area contributed by atoms with Crippen LogP contribution >= 0.6 is 0 Å². The molecule has 7 heteroatoms. The van der Waals surface area contributed by atoms with Crippen LogP contribution in [0.1, 0.15) is 5.56 Å². The molecule has 0 amide bonds. The van der Waals surface area contributed by atoms with Crippen LogP contribution in [0, 0.1) is 6.92 Å². The Morgan fingerprint density at radius 1 is 1.44 bits per heavy atom. The molecule has 5 nitrogen and oxygen atoms in total. The number of halogens is 2. The third-order valence-electron chi connectivity index (χ3n) is 2.59. The van der Waals surface area contributed by atoms with E-state index >= 15 is 0 Å². The zero-order valence-corrected chi connectivity index (χ0v) is 10.1. The van der Waals surface area contributed by atoms with E-state index in [0.29, 0.717) is 24.6 Å². The SMILES string of the molecule is Cc1cc(N(CCN)CC(F)F)n2ncnc2c1. The standard InChI is InChI=1S/C11H15F2N5/c1-8-4-10-15-7-16-18(10)11(5-8)17(3-2-14)6-9(12)13/h4-5,7,9H,2-3,6,14H2,1H3. The number of pyridine rings is 1. The normalized spacial score (nSPS) is 11.4. The van der Waals surface area contributed by atoms with Gasteiger partial charge in [-0.1, -0.05) is 0 Å². The molecule has 2 aromatic heterocycles. The van der Waals surface area contributed by atoms with Gasteiger partial charge >= 0.3 is 0 Å². The number of hydrogen-bond donors (Lipinski definition) is 1. The molecular weight excluding hydrogens is 240 g/mol. The van der Waals surface area contributed by atoms with Gasteiger partial charge in [0.15, 0.2) is 5.65 Å². The van der Waals surface area contributed by atoms with Crippen LogP contribution in [0.2, 0.25) is 0 Å². The van der Waals surface area contributed by atoms with E-state index in [1.165, 1.54) is 11.2 Å². The van der Waals surface area contributed by atoms with Crippen LogP contribution in [-0.4, -0.2) is 40.7 Å². The molecule has 0 fully saturated rings. The third kappa shape index (κ3) is 2.56. The van der Waals surface area contributed by atoms with Gasteiger partial charge in [0.1, 0.15) is 12.1 Å². The Bertz CT molecular complexity index is 525. The highest BCUT2D eigenvalue weighted by molar-refractivity contribution is 5.53. The molecule has 0 unspecified atom stereocenters. The molecule has 0 saturated carbocycles. The maximum Gasteiger partial charge on any atom is 0.255 e. The lowest BCUT2D eigenvalue weighted by Crippen LogP contribution is -2.35. The van der Waals surface area contributed by atoms with E-state index in [0.717, 1.165) is 5.56 Å². The summed E-state index contributed by atoms with van der Waals surface area (Å²) >= 11 is 0. The molecule has 98 valence electrons. The van der Waals surface area contributed by atoms with Crippen molar-refractivity contribution < 1.29 is 8.78 Å². The smallest absolute Gasteiger partial charge is 0.255 e. The molecule has 18 heavy (non-hydrogen) atoms. The number of rotatable bonds is 5. The lowest BCUT2D eigenvalue weighted by atomic mass is 10.2. The average molecular weight is 255 g/mol. The van der Waals surface area contributed by atoms with Crippen molar-refractivity contribution >= 4 is 11.5 Å². The van der Waals surface area contributed by atoms with Crippen molar-refractivity contribution in [2.75, 3.05) is 24.5 Å². The van der Waals surface area contributed by atoms with E-state index in [1.807, 2.05) is 13.0 Å². The maximum absolute atomic E-state index is 12.6. The minimum Gasteiger partial charge on any atom is -0.349 e. The summed E-state index contributed by atoms with van der Waals surface area (Å²) in [5.41, 5.74) is 7.05. The predicted octanol–water partition coefficient (Wildman–Crippen LogP) is 1.07. The Morgan fingerprint density at radius 2 is 2.22 bits per heavy atom. The molecule has 2 heterocycles. The van der Waals surface area contributed by atoms with Gasteiger partial charge in [-0.3, -0.25) is 0 Å². The molecular formula is C11H15F2N5. The second-order valence-corrected chi connectivity index (χ2v) is 4.05. The van der Waals surface area contributed by atoms with E-state index in [-0.39, 0.29) is 6.54 Å². The van der Waals surface area contributed by atoms with Crippen molar-refractivity contribution in [2.45, 2.75) is 13.3 Å². The fourth-order valence-corrected chi connectivity index (χ4v) is 1.88. The van der Waals surface area contributed by atoms with Crippen LogP contribution in [0.25, 0.3) is 5.65 Å². The van der Waals surface area contributed by atoms with Gasteiger partial charge in [0.25, 0.3) is 6.43 Å². The average Bonchev–Trinajstić information content (AvgIpc) is 2.74. The monoisotopic (exact) mass is 255 g/mol. The van der Waals surface area contributed by atoms with Gasteiger partial charge in [0.05, 0.1) is 6.54 Å². The molecule has 2 aromatic rings. The Morgan fingerprint density at radius 3 is 2.89 bits per heavy atom. The highest BCUT2D eigenvalue weighted by atomic mass is 19.3. The van der Waals surface area contributed by atoms with Gasteiger partial charge < -0.3 is 10.6 Å². The Hall–Kier alpha value is -1.76. The van der Waals surface area contributed by atoms with Crippen LogP contribution in [0.4, 0.5) is 14.6 Å². The van der Waals surface area contributed by atoms with Gasteiger partial charge in [0.2, 0.25) is 0 Å². The van der Waals surface area contributed by atoms with Crippen LogP contribution in [0.3, 0.4) is 0 Å². The lowest BCUT2D eigenvalue weighted by molar-refractivity contribution is 0.154. The summed E-state index contributed by atoms with van der Waals surface area (Å²) in [7, 11) is 0. The van der Waals surface area contributed by atoms with Crippen LogP contribution in [-0.2, 0) is 0 Å². The highest BCUT2D eigenvalue weighted by Gasteiger charge is 2.16. The highest BCUT2D eigenvalue weighted by Crippen LogP contribution is 2.18. The Balaban J connectivity index is 2.44.